The van der Waals surface area contributed by atoms with E-state index in [1.165, 1.54) is 0 Å². The minimum Gasteiger partial charge on any atom is -0.457 e. The molecule has 6 nitrogen and oxygen atoms in total. The summed E-state index contributed by atoms with van der Waals surface area (Å²) in [6, 6.07) is 15.9. The molecular formula is C20H21NO5. The molecule has 6 heteroatoms. The molecule has 2 aromatic carbocycles. The number of carbonyl (C=O) groups is 2. The van der Waals surface area contributed by atoms with Crippen LogP contribution in [0.25, 0.3) is 0 Å². The number of nitrogens with one attached hydrogen (secondary N) is 1. The Hall–Kier alpha value is -2.86. The number of hydrogen-bond acceptors (Lipinski definition) is 5. The van der Waals surface area contributed by atoms with Crippen LogP contribution in [0.3, 0.4) is 0 Å². The van der Waals surface area contributed by atoms with Crippen LogP contribution in [-0.2, 0) is 14.3 Å². The second kappa shape index (κ2) is 9.01. The number of rotatable bonds is 7. The van der Waals surface area contributed by atoms with Gasteiger partial charge in [0.05, 0.1) is 11.7 Å². The molecule has 0 bridgehead atoms. The first-order valence-electron chi connectivity index (χ1n) is 8.59. The second-order valence-electron chi connectivity index (χ2n) is 5.96. The summed E-state index contributed by atoms with van der Waals surface area (Å²) in [6.07, 6.45) is 2.01. The van der Waals surface area contributed by atoms with Gasteiger partial charge in [0, 0.05) is 13.2 Å². The summed E-state index contributed by atoms with van der Waals surface area (Å²) in [5, 5.41) is 2.71. The van der Waals surface area contributed by atoms with E-state index in [0.29, 0.717) is 23.6 Å². The highest BCUT2D eigenvalue weighted by Crippen LogP contribution is 2.22. The quantitative estimate of drug-likeness (QED) is 0.773. The molecule has 1 fully saturated rings. The van der Waals surface area contributed by atoms with Crippen LogP contribution in [0.15, 0.2) is 54.6 Å². The fourth-order valence-electron chi connectivity index (χ4n) is 2.61. The molecule has 1 amide bonds. The number of hydrogen-bond donors (Lipinski definition) is 1. The maximum atomic E-state index is 12.1. The van der Waals surface area contributed by atoms with Gasteiger partial charge in [-0.25, -0.2) is 4.79 Å². The van der Waals surface area contributed by atoms with E-state index in [1.54, 1.807) is 24.3 Å². The van der Waals surface area contributed by atoms with Gasteiger partial charge in [-0.15, -0.1) is 0 Å². The van der Waals surface area contributed by atoms with Crippen molar-refractivity contribution in [2.24, 2.45) is 0 Å². The van der Waals surface area contributed by atoms with E-state index in [4.69, 9.17) is 14.2 Å². The molecule has 1 heterocycles. The predicted octanol–water partition coefficient (Wildman–Crippen LogP) is 2.93. The summed E-state index contributed by atoms with van der Waals surface area (Å²) in [4.78, 5) is 23.9. The molecule has 1 aliphatic heterocycles. The molecule has 0 spiro atoms. The van der Waals surface area contributed by atoms with Crippen molar-refractivity contribution in [1.82, 2.24) is 5.32 Å². The Labute approximate surface area is 152 Å². The van der Waals surface area contributed by atoms with Crippen molar-refractivity contribution in [3.63, 3.8) is 0 Å². The van der Waals surface area contributed by atoms with Crippen LogP contribution in [0, 0.1) is 0 Å². The van der Waals surface area contributed by atoms with E-state index in [9.17, 15) is 9.59 Å². The lowest BCUT2D eigenvalue weighted by atomic mass is 10.2. The topological polar surface area (TPSA) is 73.9 Å². The maximum absolute atomic E-state index is 12.1. The van der Waals surface area contributed by atoms with Gasteiger partial charge in [-0.05, 0) is 43.2 Å². The zero-order chi connectivity index (χ0) is 18.2. The Morgan fingerprint density at radius 2 is 1.88 bits per heavy atom. The number of ether oxygens (including phenoxy) is 3. The molecule has 1 N–H and O–H groups in total. The number of esters is 1. The van der Waals surface area contributed by atoms with Gasteiger partial charge in [0.1, 0.15) is 11.5 Å². The maximum Gasteiger partial charge on any atom is 0.338 e. The molecule has 136 valence electrons. The predicted molar refractivity (Wildman–Crippen MR) is 95.2 cm³/mol. The Kier molecular flexibility index (Phi) is 6.22. The molecule has 1 aliphatic rings. The number of benzene rings is 2. The Bertz CT molecular complexity index is 741. The monoisotopic (exact) mass is 355 g/mol. The van der Waals surface area contributed by atoms with Gasteiger partial charge in [0.15, 0.2) is 6.61 Å². The summed E-state index contributed by atoms with van der Waals surface area (Å²) >= 11 is 0. The van der Waals surface area contributed by atoms with Crippen LogP contribution in [-0.4, -0.2) is 37.7 Å². The van der Waals surface area contributed by atoms with Gasteiger partial charge >= 0.3 is 5.97 Å². The first kappa shape index (κ1) is 17.9. The lowest BCUT2D eigenvalue weighted by Crippen LogP contribution is -2.34. The molecule has 1 unspecified atom stereocenters. The smallest absolute Gasteiger partial charge is 0.338 e. The summed E-state index contributed by atoms with van der Waals surface area (Å²) < 4.78 is 16.2. The second-order valence-corrected chi connectivity index (χ2v) is 5.96. The van der Waals surface area contributed by atoms with E-state index in [2.05, 4.69) is 5.32 Å². The molecule has 1 saturated heterocycles. The SMILES string of the molecule is O=C(COC(=O)c1cccc(Oc2ccccc2)c1)NCC1CCCO1. The average Bonchev–Trinajstić information content (AvgIpc) is 3.19. The molecule has 0 aliphatic carbocycles. The van der Waals surface area contributed by atoms with Gasteiger partial charge in [-0.2, -0.15) is 0 Å². The molecular weight excluding hydrogens is 334 g/mol. The largest absolute Gasteiger partial charge is 0.457 e. The van der Waals surface area contributed by atoms with Gasteiger partial charge in [-0.1, -0.05) is 24.3 Å². The zero-order valence-corrected chi connectivity index (χ0v) is 14.4. The highest BCUT2D eigenvalue weighted by molar-refractivity contribution is 5.91. The van der Waals surface area contributed by atoms with Crippen molar-refractivity contribution in [3.05, 3.63) is 60.2 Å². The first-order chi connectivity index (χ1) is 12.7. The molecule has 0 radical (unpaired) electrons. The van der Waals surface area contributed by atoms with E-state index >= 15 is 0 Å². The summed E-state index contributed by atoms with van der Waals surface area (Å²) in [7, 11) is 0. The molecule has 3 rings (SSSR count). The molecule has 0 aromatic heterocycles. The normalized spacial score (nSPS) is 16.1. The minimum atomic E-state index is -0.573. The van der Waals surface area contributed by atoms with Crippen molar-refractivity contribution in [2.45, 2.75) is 18.9 Å². The molecule has 2 aromatic rings. The first-order valence-corrected chi connectivity index (χ1v) is 8.59. The average molecular weight is 355 g/mol. The van der Waals surface area contributed by atoms with Gasteiger partial charge in [-0.3, -0.25) is 4.79 Å². The van der Waals surface area contributed by atoms with E-state index < -0.39 is 5.97 Å². The summed E-state index contributed by atoms with van der Waals surface area (Å²) in [6.45, 7) is 0.850. The Morgan fingerprint density at radius 3 is 2.65 bits per heavy atom. The number of para-hydroxylation sites is 1. The fourth-order valence-corrected chi connectivity index (χ4v) is 2.61. The van der Waals surface area contributed by atoms with E-state index in [-0.39, 0.29) is 18.6 Å². The van der Waals surface area contributed by atoms with E-state index in [1.807, 2.05) is 30.3 Å². The summed E-state index contributed by atoms with van der Waals surface area (Å²) in [5.74, 6) is 0.279. The van der Waals surface area contributed by atoms with Gasteiger partial charge in [0.25, 0.3) is 5.91 Å². The lowest BCUT2D eigenvalue weighted by Gasteiger charge is -2.11. The Balaban J connectivity index is 1.48. The van der Waals surface area contributed by atoms with Crippen LogP contribution >= 0.6 is 0 Å². The Morgan fingerprint density at radius 1 is 1.08 bits per heavy atom. The molecule has 26 heavy (non-hydrogen) atoms. The molecule has 1 atom stereocenters. The summed E-state index contributed by atoms with van der Waals surface area (Å²) in [5.41, 5.74) is 0.324. The third-order valence-corrected chi connectivity index (χ3v) is 3.93. The van der Waals surface area contributed by atoms with Crippen molar-refractivity contribution in [2.75, 3.05) is 19.8 Å². The number of amides is 1. The van der Waals surface area contributed by atoms with Crippen LogP contribution in [0.1, 0.15) is 23.2 Å². The van der Waals surface area contributed by atoms with Crippen LogP contribution < -0.4 is 10.1 Å². The van der Waals surface area contributed by atoms with Gasteiger partial charge < -0.3 is 19.5 Å². The minimum absolute atomic E-state index is 0.0569. The third kappa shape index (κ3) is 5.32. The van der Waals surface area contributed by atoms with Crippen molar-refractivity contribution < 1.29 is 23.8 Å². The standard InChI is InChI=1S/C20H21NO5/c22-19(21-13-18-10-5-11-24-18)14-25-20(23)15-6-4-9-17(12-15)26-16-7-2-1-3-8-16/h1-4,6-9,12,18H,5,10-11,13-14H2,(H,21,22). The van der Waals surface area contributed by atoms with Crippen LogP contribution in [0.4, 0.5) is 0 Å². The van der Waals surface area contributed by atoms with Crippen LogP contribution in [0.5, 0.6) is 11.5 Å². The fraction of sp³-hybridized carbons (Fsp3) is 0.300. The zero-order valence-electron chi connectivity index (χ0n) is 14.4. The van der Waals surface area contributed by atoms with Crippen molar-refractivity contribution in [1.29, 1.82) is 0 Å². The van der Waals surface area contributed by atoms with Gasteiger partial charge in [0.2, 0.25) is 0 Å². The molecule has 0 saturated carbocycles. The van der Waals surface area contributed by atoms with E-state index in [0.717, 1.165) is 19.4 Å². The highest BCUT2D eigenvalue weighted by Gasteiger charge is 2.17. The third-order valence-electron chi connectivity index (χ3n) is 3.93. The van der Waals surface area contributed by atoms with Crippen molar-refractivity contribution >= 4 is 11.9 Å². The lowest BCUT2D eigenvalue weighted by molar-refractivity contribution is -0.124. The van der Waals surface area contributed by atoms with Crippen molar-refractivity contribution in [3.8, 4) is 11.5 Å². The number of carbonyl (C=O) groups excluding carboxylic acids is 2. The van der Waals surface area contributed by atoms with Crippen LogP contribution in [0.2, 0.25) is 0 Å². The highest BCUT2D eigenvalue weighted by atomic mass is 16.5.